The Morgan fingerprint density at radius 2 is 1.82 bits per heavy atom. The van der Waals surface area contributed by atoms with Crippen LogP contribution < -0.4 is 5.32 Å². The molecule has 0 aromatic heterocycles. The lowest BCUT2D eigenvalue weighted by Crippen LogP contribution is -2.40. The van der Waals surface area contributed by atoms with Crippen molar-refractivity contribution >= 4 is 29.9 Å². The van der Waals surface area contributed by atoms with E-state index in [2.05, 4.69) is 17.1 Å². The maximum absolute atomic E-state index is 5.09. The number of rotatable bonds is 7. The predicted octanol–water partition coefficient (Wildman–Crippen LogP) is 3.51. The molecule has 2 unspecified atom stereocenters. The third-order valence-corrected chi connectivity index (χ3v) is 4.88. The molecule has 0 aromatic carbocycles. The predicted molar refractivity (Wildman–Crippen MR) is 104 cm³/mol. The smallest absolute Gasteiger partial charge is 0.193 e. The molecule has 1 heterocycles. The molecule has 1 N–H and O–H groups in total. The summed E-state index contributed by atoms with van der Waals surface area (Å²) in [5, 5.41) is 3.49. The number of aliphatic imine (C=N–C) groups is 1. The van der Waals surface area contributed by atoms with Gasteiger partial charge in [-0.15, -0.1) is 24.0 Å². The lowest BCUT2D eigenvalue weighted by atomic mass is 9.82. The van der Waals surface area contributed by atoms with Gasteiger partial charge in [-0.05, 0) is 50.9 Å². The Balaban J connectivity index is 0.00000242. The second-order valence-corrected chi connectivity index (χ2v) is 6.50. The van der Waals surface area contributed by atoms with E-state index in [0.717, 1.165) is 43.9 Å². The van der Waals surface area contributed by atoms with Gasteiger partial charge >= 0.3 is 0 Å². The molecule has 5 heteroatoms. The Labute approximate surface area is 153 Å². The van der Waals surface area contributed by atoms with Crippen LogP contribution in [0, 0.1) is 11.8 Å². The molecular formula is C17H34IN3O. The van der Waals surface area contributed by atoms with Gasteiger partial charge in [0, 0.05) is 39.9 Å². The number of likely N-dealkylation sites (tertiary alicyclic amines) is 1. The molecule has 0 radical (unpaired) electrons. The number of methoxy groups -OCH3 is 1. The van der Waals surface area contributed by atoms with Crippen LogP contribution in [0.3, 0.4) is 0 Å². The molecule has 0 spiro atoms. The molecule has 4 nitrogen and oxygen atoms in total. The highest BCUT2D eigenvalue weighted by Gasteiger charge is 2.35. The largest absolute Gasteiger partial charge is 0.385 e. The van der Waals surface area contributed by atoms with Crippen LogP contribution in [0.5, 0.6) is 0 Å². The Kier molecular flexibility index (Phi) is 10.4. The molecule has 2 aliphatic rings. The van der Waals surface area contributed by atoms with Crippen molar-refractivity contribution in [2.24, 2.45) is 16.8 Å². The molecular weight excluding hydrogens is 389 g/mol. The minimum absolute atomic E-state index is 0. The molecule has 0 aromatic rings. The topological polar surface area (TPSA) is 36.9 Å². The van der Waals surface area contributed by atoms with E-state index >= 15 is 0 Å². The number of guanidine groups is 1. The van der Waals surface area contributed by atoms with Crippen LogP contribution in [0.2, 0.25) is 0 Å². The first-order valence-corrected chi connectivity index (χ1v) is 8.87. The van der Waals surface area contributed by atoms with Crippen molar-refractivity contribution in [1.82, 2.24) is 10.2 Å². The SMILES string of the molecule is CCNC(=NCCCCCOC)N1CC2CCCCC2C1.I. The summed E-state index contributed by atoms with van der Waals surface area (Å²) < 4.78 is 5.09. The summed E-state index contributed by atoms with van der Waals surface area (Å²) >= 11 is 0. The lowest BCUT2D eigenvalue weighted by molar-refractivity contribution is 0.192. The van der Waals surface area contributed by atoms with Crippen molar-refractivity contribution in [3.05, 3.63) is 0 Å². The zero-order chi connectivity index (χ0) is 14.9. The molecule has 130 valence electrons. The monoisotopic (exact) mass is 423 g/mol. The zero-order valence-corrected chi connectivity index (χ0v) is 16.7. The molecule has 0 amide bonds. The van der Waals surface area contributed by atoms with E-state index in [9.17, 15) is 0 Å². The maximum Gasteiger partial charge on any atom is 0.193 e. The fourth-order valence-corrected chi connectivity index (χ4v) is 3.72. The van der Waals surface area contributed by atoms with E-state index in [0.29, 0.717) is 0 Å². The lowest BCUT2D eigenvalue weighted by Gasteiger charge is -2.22. The average molecular weight is 423 g/mol. The summed E-state index contributed by atoms with van der Waals surface area (Å²) in [6, 6.07) is 0. The Morgan fingerprint density at radius 1 is 1.14 bits per heavy atom. The first kappa shape index (κ1) is 20.0. The van der Waals surface area contributed by atoms with Gasteiger partial charge in [0.15, 0.2) is 5.96 Å². The van der Waals surface area contributed by atoms with Crippen LogP contribution in [0.25, 0.3) is 0 Å². The van der Waals surface area contributed by atoms with Crippen LogP contribution >= 0.6 is 24.0 Å². The zero-order valence-electron chi connectivity index (χ0n) is 14.4. The van der Waals surface area contributed by atoms with Crippen molar-refractivity contribution in [3.8, 4) is 0 Å². The fraction of sp³-hybridized carbons (Fsp3) is 0.941. The highest BCUT2D eigenvalue weighted by molar-refractivity contribution is 14.0. The molecule has 2 atom stereocenters. The van der Waals surface area contributed by atoms with E-state index in [4.69, 9.17) is 9.73 Å². The molecule has 1 saturated carbocycles. The minimum Gasteiger partial charge on any atom is -0.385 e. The number of unbranched alkanes of at least 4 members (excludes halogenated alkanes) is 2. The van der Waals surface area contributed by atoms with Crippen molar-refractivity contribution in [3.63, 3.8) is 0 Å². The summed E-state index contributed by atoms with van der Waals surface area (Å²) in [4.78, 5) is 7.35. The molecule has 0 bridgehead atoms. The van der Waals surface area contributed by atoms with Gasteiger partial charge in [0.1, 0.15) is 0 Å². The van der Waals surface area contributed by atoms with Crippen molar-refractivity contribution < 1.29 is 4.74 Å². The van der Waals surface area contributed by atoms with Gasteiger partial charge in [-0.3, -0.25) is 4.99 Å². The van der Waals surface area contributed by atoms with E-state index in [1.54, 1.807) is 7.11 Å². The number of nitrogens with zero attached hydrogens (tertiary/aromatic N) is 2. The van der Waals surface area contributed by atoms with Crippen molar-refractivity contribution in [2.45, 2.75) is 51.9 Å². The van der Waals surface area contributed by atoms with Gasteiger partial charge in [-0.25, -0.2) is 0 Å². The average Bonchev–Trinajstić information content (AvgIpc) is 2.93. The minimum atomic E-state index is 0. The van der Waals surface area contributed by atoms with Crippen LogP contribution in [0.4, 0.5) is 0 Å². The van der Waals surface area contributed by atoms with Crippen LogP contribution in [0.15, 0.2) is 4.99 Å². The van der Waals surface area contributed by atoms with Gasteiger partial charge in [-0.2, -0.15) is 0 Å². The summed E-state index contributed by atoms with van der Waals surface area (Å²) in [5.41, 5.74) is 0. The second-order valence-electron chi connectivity index (χ2n) is 6.50. The van der Waals surface area contributed by atoms with E-state index in [-0.39, 0.29) is 24.0 Å². The van der Waals surface area contributed by atoms with E-state index < -0.39 is 0 Å². The third-order valence-electron chi connectivity index (χ3n) is 4.88. The van der Waals surface area contributed by atoms with E-state index in [1.165, 1.54) is 51.6 Å². The number of halogens is 1. The second kappa shape index (κ2) is 11.5. The quantitative estimate of drug-likeness (QED) is 0.295. The number of hydrogen-bond donors (Lipinski definition) is 1. The Morgan fingerprint density at radius 3 is 2.41 bits per heavy atom. The molecule has 2 rings (SSSR count). The molecule has 1 saturated heterocycles. The normalized spacial score (nSPS) is 24.8. The highest BCUT2D eigenvalue weighted by atomic mass is 127. The van der Waals surface area contributed by atoms with Gasteiger partial charge in [0.2, 0.25) is 0 Å². The fourth-order valence-electron chi connectivity index (χ4n) is 3.72. The van der Waals surface area contributed by atoms with Crippen molar-refractivity contribution in [2.75, 3.05) is 39.9 Å². The van der Waals surface area contributed by atoms with Crippen LogP contribution in [0.1, 0.15) is 51.9 Å². The molecule has 2 fully saturated rings. The van der Waals surface area contributed by atoms with Gasteiger partial charge in [0.25, 0.3) is 0 Å². The van der Waals surface area contributed by atoms with Gasteiger partial charge < -0.3 is 15.0 Å². The van der Waals surface area contributed by atoms with Gasteiger partial charge in [-0.1, -0.05) is 12.8 Å². The standard InChI is InChI=1S/C17H33N3O.HI/c1-3-18-17(19-11-7-4-8-12-21-2)20-13-15-9-5-6-10-16(15)14-20;/h15-16H,3-14H2,1-2H3,(H,18,19);1H. The Hall–Kier alpha value is -0.0400. The number of hydrogen-bond acceptors (Lipinski definition) is 2. The first-order chi connectivity index (χ1) is 10.3. The Bertz CT molecular complexity index is 311. The number of ether oxygens (including phenoxy) is 1. The molecule has 1 aliphatic carbocycles. The molecule has 1 aliphatic heterocycles. The summed E-state index contributed by atoms with van der Waals surface area (Å²) in [6.45, 7) is 7.39. The third kappa shape index (κ3) is 6.22. The highest BCUT2D eigenvalue weighted by Crippen LogP contribution is 2.35. The van der Waals surface area contributed by atoms with Crippen molar-refractivity contribution in [1.29, 1.82) is 0 Å². The maximum atomic E-state index is 5.09. The summed E-state index contributed by atoms with van der Waals surface area (Å²) in [6.07, 6.45) is 9.25. The molecule has 22 heavy (non-hydrogen) atoms. The number of nitrogens with one attached hydrogen (secondary N) is 1. The summed E-state index contributed by atoms with van der Waals surface area (Å²) in [7, 11) is 1.77. The van der Waals surface area contributed by atoms with Crippen LogP contribution in [-0.2, 0) is 4.74 Å². The summed E-state index contributed by atoms with van der Waals surface area (Å²) in [5.74, 6) is 2.99. The van der Waals surface area contributed by atoms with Crippen LogP contribution in [-0.4, -0.2) is 50.8 Å². The van der Waals surface area contributed by atoms with E-state index in [1.807, 2.05) is 0 Å². The van der Waals surface area contributed by atoms with Gasteiger partial charge in [0.05, 0.1) is 0 Å². The number of fused-ring (bicyclic) bond motifs is 1. The first-order valence-electron chi connectivity index (χ1n) is 8.87.